The fourth-order valence-electron chi connectivity index (χ4n) is 1.34. The first-order valence-corrected chi connectivity index (χ1v) is 5.45. The first kappa shape index (κ1) is 11.4. The molecule has 0 spiro atoms. The first-order chi connectivity index (χ1) is 6.69. The molecule has 0 fully saturated rings. The van der Waals surface area contributed by atoms with Gasteiger partial charge in [-0.25, -0.2) is 0 Å². The lowest BCUT2D eigenvalue weighted by Gasteiger charge is -2.12. The molecule has 0 aliphatic carbocycles. The zero-order chi connectivity index (χ0) is 10.6. The molecular weight excluding hydrogens is 242 g/mol. The Morgan fingerprint density at radius 3 is 2.43 bits per heavy atom. The third-order valence-corrected chi connectivity index (χ3v) is 2.73. The van der Waals surface area contributed by atoms with E-state index in [2.05, 4.69) is 21.2 Å². The van der Waals surface area contributed by atoms with Gasteiger partial charge < -0.3 is 5.32 Å². The van der Waals surface area contributed by atoms with Crippen LogP contribution in [0.25, 0.3) is 0 Å². The van der Waals surface area contributed by atoms with Crippen molar-refractivity contribution in [2.45, 2.75) is 19.4 Å². The molecule has 2 nitrogen and oxygen atoms in total. The Balaban J connectivity index is 2.83. The largest absolute Gasteiger partial charge is 0.310 e. The number of carbonyl (C=O) groups excluding carboxylic acids is 1. The predicted octanol–water partition coefficient (Wildman–Crippen LogP) is 2.63. The Kier molecular flexibility index (Phi) is 4.29. The standard InChI is InChI=1S/C11H14BrNO/c1-3-10(13-2)11(14)8-4-6-9(12)7-5-8/h4-7,10,13H,3H2,1-2H3. The number of hydrogen-bond acceptors (Lipinski definition) is 2. The van der Waals surface area contributed by atoms with Gasteiger partial charge in [-0.3, -0.25) is 4.79 Å². The van der Waals surface area contributed by atoms with Gasteiger partial charge in [-0.2, -0.15) is 0 Å². The normalized spacial score (nSPS) is 12.5. The van der Waals surface area contributed by atoms with Gasteiger partial charge >= 0.3 is 0 Å². The molecule has 14 heavy (non-hydrogen) atoms. The van der Waals surface area contributed by atoms with Crippen LogP contribution >= 0.6 is 15.9 Å². The van der Waals surface area contributed by atoms with Crippen molar-refractivity contribution < 1.29 is 4.79 Å². The molecule has 0 aliphatic rings. The van der Waals surface area contributed by atoms with Crippen molar-refractivity contribution in [3.63, 3.8) is 0 Å². The molecular formula is C11H14BrNO. The summed E-state index contributed by atoms with van der Waals surface area (Å²) in [6, 6.07) is 7.38. The monoisotopic (exact) mass is 255 g/mol. The predicted molar refractivity (Wildman–Crippen MR) is 61.6 cm³/mol. The Morgan fingerprint density at radius 2 is 2.00 bits per heavy atom. The Hall–Kier alpha value is -0.670. The van der Waals surface area contributed by atoms with E-state index in [1.165, 1.54) is 0 Å². The molecule has 1 aromatic carbocycles. The summed E-state index contributed by atoms with van der Waals surface area (Å²) in [5, 5.41) is 3.00. The summed E-state index contributed by atoms with van der Waals surface area (Å²) in [6.45, 7) is 2.00. The van der Waals surface area contributed by atoms with Crippen molar-refractivity contribution >= 4 is 21.7 Å². The number of rotatable bonds is 4. The Labute approximate surface area is 92.8 Å². The molecule has 0 saturated carbocycles. The fraction of sp³-hybridized carbons (Fsp3) is 0.364. The minimum atomic E-state index is -0.0730. The minimum absolute atomic E-state index is 0.0730. The third kappa shape index (κ3) is 2.66. The van der Waals surface area contributed by atoms with Crippen LogP contribution in [0.3, 0.4) is 0 Å². The lowest BCUT2D eigenvalue weighted by atomic mass is 10.0. The molecule has 1 rings (SSSR count). The fourth-order valence-corrected chi connectivity index (χ4v) is 1.60. The van der Waals surface area contributed by atoms with E-state index < -0.39 is 0 Å². The summed E-state index contributed by atoms with van der Waals surface area (Å²) in [6.07, 6.45) is 0.811. The van der Waals surface area contributed by atoms with E-state index in [0.717, 1.165) is 16.5 Å². The van der Waals surface area contributed by atoms with Crippen LogP contribution < -0.4 is 5.32 Å². The number of nitrogens with one attached hydrogen (secondary N) is 1. The quantitative estimate of drug-likeness (QED) is 0.839. The molecule has 0 aliphatic heterocycles. The summed E-state index contributed by atoms with van der Waals surface area (Å²) in [5.41, 5.74) is 0.759. The number of carbonyl (C=O) groups is 1. The second-order valence-corrected chi connectivity index (χ2v) is 4.04. The average molecular weight is 256 g/mol. The molecule has 0 saturated heterocycles. The molecule has 0 aromatic heterocycles. The second-order valence-electron chi connectivity index (χ2n) is 3.12. The first-order valence-electron chi connectivity index (χ1n) is 4.66. The van der Waals surface area contributed by atoms with Crippen LogP contribution in [0.2, 0.25) is 0 Å². The molecule has 0 heterocycles. The maximum absolute atomic E-state index is 11.8. The van der Waals surface area contributed by atoms with Crippen LogP contribution in [0.15, 0.2) is 28.7 Å². The van der Waals surface area contributed by atoms with E-state index >= 15 is 0 Å². The molecule has 1 atom stereocenters. The highest BCUT2D eigenvalue weighted by atomic mass is 79.9. The van der Waals surface area contributed by atoms with Gasteiger partial charge in [-0.1, -0.05) is 35.0 Å². The molecule has 1 unspecified atom stereocenters. The number of ketones is 1. The zero-order valence-electron chi connectivity index (χ0n) is 8.38. The molecule has 3 heteroatoms. The van der Waals surface area contributed by atoms with E-state index in [1.807, 2.05) is 38.2 Å². The van der Waals surface area contributed by atoms with E-state index in [4.69, 9.17) is 0 Å². The summed E-state index contributed by atoms with van der Waals surface area (Å²) < 4.78 is 0.992. The number of Topliss-reactive ketones (excluding diaryl/α,β-unsaturated/α-hetero) is 1. The van der Waals surface area contributed by atoms with E-state index in [-0.39, 0.29) is 11.8 Å². The van der Waals surface area contributed by atoms with Crippen LogP contribution in [0.4, 0.5) is 0 Å². The maximum atomic E-state index is 11.8. The number of likely N-dealkylation sites (N-methyl/N-ethyl adjacent to an activating group) is 1. The average Bonchev–Trinajstić information content (AvgIpc) is 2.20. The minimum Gasteiger partial charge on any atom is -0.310 e. The van der Waals surface area contributed by atoms with Crippen LogP contribution in [0.5, 0.6) is 0 Å². The lowest BCUT2D eigenvalue weighted by Crippen LogP contribution is -2.33. The molecule has 1 N–H and O–H groups in total. The third-order valence-electron chi connectivity index (χ3n) is 2.20. The van der Waals surface area contributed by atoms with E-state index in [9.17, 15) is 4.79 Å². The van der Waals surface area contributed by atoms with Gasteiger partial charge in [-0.05, 0) is 25.6 Å². The van der Waals surface area contributed by atoms with Gasteiger partial charge in [0.25, 0.3) is 0 Å². The Bertz CT molecular complexity index is 304. The van der Waals surface area contributed by atoms with Gasteiger partial charge in [0.2, 0.25) is 0 Å². The molecule has 0 bridgehead atoms. The van der Waals surface area contributed by atoms with Crippen molar-refractivity contribution in [3.8, 4) is 0 Å². The molecule has 76 valence electrons. The molecule has 0 radical (unpaired) electrons. The van der Waals surface area contributed by atoms with Crippen LogP contribution in [-0.4, -0.2) is 18.9 Å². The second kappa shape index (κ2) is 5.27. The van der Waals surface area contributed by atoms with Gasteiger partial charge in [0.1, 0.15) is 0 Å². The lowest BCUT2D eigenvalue weighted by molar-refractivity contribution is 0.0945. The van der Waals surface area contributed by atoms with Gasteiger partial charge in [-0.15, -0.1) is 0 Å². The van der Waals surface area contributed by atoms with Crippen molar-refractivity contribution in [3.05, 3.63) is 34.3 Å². The topological polar surface area (TPSA) is 29.1 Å². The molecule has 0 amide bonds. The smallest absolute Gasteiger partial charge is 0.179 e. The SMILES string of the molecule is CCC(NC)C(=O)c1ccc(Br)cc1. The van der Waals surface area contributed by atoms with Gasteiger partial charge in [0.15, 0.2) is 5.78 Å². The van der Waals surface area contributed by atoms with Crippen molar-refractivity contribution in [1.82, 2.24) is 5.32 Å². The number of hydrogen-bond donors (Lipinski definition) is 1. The highest BCUT2D eigenvalue weighted by molar-refractivity contribution is 9.10. The van der Waals surface area contributed by atoms with E-state index in [0.29, 0.717) is 0 Å². The van der Waals surface area contributed by atoms with Crippen molar-refractivity contribution in [1.29, 1.82) is 0 Å². The van der Waals surface area contributed by atoms with Crippen LogP contribution in [0, 0.1) is 0 Å². The summed E-state index contributed by atoms with van der Waals surface area (Å²) in [7, 11) is 1.81. The van der Waals surface area contributed by atoms with Crippen molar-refractivity contribution in [2.24, 2.45) is 0 Å². The highest BCUT2D eigenvalue weighted by Crippen LogP contribution is 2.12. The maximum Gasteiger partial charge on any atom is 0.179 e. The highest BCUT2D eigenvalue weighted by Gasteiger charge is 2.15. The van der Waals surface area contributed by atoms with Gasteiger partial charge in [0.05, 0.1) is 6.04 Å². The van der Waals surface area contributed by atoms with Crippen LogP contribution in [0.1, 0.15) is 23.7 Å². The molecule has 1 aromatic rings. The summed E-state index contributed by atoms with van der Waals surface area (Å²) in [4.78, 5) is 11.8. The van der Waals surface area contributed by atoms with Crippen LogP contribution in [-0.2, 0) is 0 Å². The zero-order valence-corrected chi connectivity index (χ0v) is 9.97. The summed E-state index contributed by atoms with van der Waals surface area (Å²) >= 11 is 3.34. The number of benzene rings is 1. The number of halogens is 1. The Morgan fingerprint density at radius 1 is 1.43 bits per heavy atom. The van der Waals surface area contributed by atoms with Gasteiger partial charge in [0, 0.05) is 10.0 Å². The van der Waals surface area contributed by atoms with Crippen molar-refractivity contribution in [2.75, 3.05) is 7.05 Å². The summed E-state index contributed by atoms with van der Waals surface area (Å²) in [5.74, 6) is 0.155. The van der Waals surface area contributed by atoms with E-state index in [1.54, 1.807) is 0 Å².